The first-order valence-electron chi connectivity index (χ1n) is 3.66. The minimum Gasteiger partial charge on any atom is -0.207 e. The maximum absolute atomic E-state index is 11.3. The summed E-state index contributed by atoms with van der Waals surface area (Å²) in [5.74, 6) is 0. The Balaban J connectivity index is 2.98. The molecule has 7 heteroatoms. The average molecular weight is 249 g/mol. The summed E-state index contributed by atoms with van der Waals surface area (Å²) in [7, 11) is 1.56. The third kappa shape index (κ3) is 1.49. The van der Waals surface area contributed by atoms with Crippen LogP contribution in [0.15, 0.2) is 17.0 Å². The fourth-order valence-electron chi connectivity index (χ4n) is 1.24. The Kier molecular flexibility index (Phi) is 2.21. The molecule has 14 heavy (non-hydrogen) atoms. The van der Waals surface area contributed by atoms with Gasteiger partial charge in [0.2, 0.25) is 0 Å². The molecule has 0 saturated heterocycles. The van der Waals surface area contributed by atoms with E-state index in [9.17, 15) is 8.42 Å². The predicted molar refractivity (Wildman–Crippen MR) is 55.2 cm³/mol. The molecule has 0 atom stereocenters. The molecule has 0 aliphatic rings. The Labute approximate surface area is 89.3 Å². The highest BCUT2D eigenvalue weighted by molar-refractivity contribution is 8.14. The minimum atomic E-state index is -3.75. The van der Waals surface area contributed by atoms with Gasteiger partial charge in [-0.05, 0) is 18.6 Å². The minimum absolute atomic E-state index is 0.0606. The van der Waals surface area contributed by atoms with Gasteiger partial charge in [0.1, 0.15) is 15.9 Å². The van der Waals surface area contributed by atoms with Crippen LogP contribution in [0.3, 0.4) is 0 Å². The van der Waals surface area contributed by atoms with Crippen LogP contribution in [0.4, 0.5) is 0 Å². The van der Waals surface area contributed by atoms with Gasteiger partial charge in [-0.3, -0.25) is 0 Å². The van der Waals surface area contributed by atoms with Gasteiger partial charge in [-0.25, -0.2) is 8.42 Å². The molecular weight excluding hydrogens is 244 g/mol. The lowest BCUT2D eigenvalue weighted by molar-refractivity contribution is 0.610. The summed E-state index contributed by atoms with van der Waals surface area (Å²) >= 11 is 0.969. The standard InChI is InChI=1S/C7H5ClN2O2S2/c1-4-2-3-5-6(10-13-9-5)7(4)14(8,11)12/h2-3H,1H3. The van der Waals surface area contributed by atoms with Crippen LogP contribution in [0.5, 0.6) is 0 Å². The first kappa shape index (κ1) is 9.82. The largest absolute Gasteiger partial charge is 0.263 e. The fraction of sp³-hybridized carbons (Fsp3) is 0.143. The molecule has 1 aromatic carbocycles. The van der Waals surface area contributed by atoms with Gasteiger partial charge in [0.05, 0.1) is 11.7 Å². The second-order valence-corrected chi connectivity index (χ2v) is 5.81. The number of rotatable bonds is 1. The highest BCUT2D eigenvalue weighted by atomic mass is 35.7. The van der Waals surface area contributed by atoms with Crippen molar-refractivity contribution in [1.82, 2.24) is 8.75 Å². The van der Waals surface area contributed by atoms with Gasteiger partial charge < -0.3 is 0 Å². The van der Waals surface area contributed by atoms with Gasteiger partial charge in [0.25, 0.3) is 9.05 Å². The molecule has 4 nitrogen and oxygen atoms in total. The number of fused-ring (bicyclic) bond motifs is 1. The van der Waals surface area contributed by atoms with Crippen molar-refractivity contribution in [1.29, 1.82) is 0 Å². The van der Waals surface area contributed by atoms with Crippen LogP contribution in [0.2, 0.25) is 0 Å². The number of hydrogen-bond donors (Lipinski definition) is 0. The number of halogens is 1. The van der Waals surface area contributed by atoms with Crippen molar-refractivity contribution in [2.24, 2.45) is 0 Å². The van der Waals surface area contributed by atoms with Crippen LogP contribution in [-0.4, -0.2) is 17.2 Å². The molecule has 0 amide bonds. The molecular formula is C7H5ClN2O2S2. The van der Waals surface area contributed by atoms with Gasteiger partial charge in [-0.1, -0.05) is 6.07 Å². The summed E-state index contributed by atoms with van der Waals surface area (Å²) in [5.41, 5.74) is 1.49. The fourth-order valence-corrected chi connectivity index (χ4v) is 3.25. The van der Waals surface area contributed by atoms with Crippen LogP contribution in [0.1, 0.15) is 5.56 Å². The summed E-state index contributed by atoms with van der Waals surface area (Å²) < 4.78 is 30.4. The highest BCUT2D eigenvalue weighted by Gasteiger charge is 2.19. The molecule has 0 bridgehead atoms. The Morgan fingerprint density at radius 3 is 2.71 bits per heavy atom. The molecule has 0 saturated carbocycles. The Bertz CT molecular complexity index is 591. The van der Waals surface area contributed by atoms with Crippen LogP contribution in [-0.2, 0) is 9.05 Å². The van der Waals surface area contributed by atoms with E-state index in [0.29, 0.717) is 16.6 Å². The molecule has 0 spiro atoms. The zero-order valence-electron chi connectivity index (χ0n) is 7.06. The number of aromatic nitrogens is 2. The van der Waals surface area contributed by atoms with E-state index < -0.39 is 9.05 Å². The monoisotopic (exact) mass is 248 g/mol. The van der Waals surface area contributed by atoms with E-state index in [1.807, 2.05) is 0 Å². The molecule has 1 heterocycles. The topological polar surface area (TPSA) is 59.9 Å². The van der Waals surface area contributed by atoms with Gasteiger partial charge >= 0.3 is 0 Å². The SMILES string of the molecule is Cc1ccc2nsnc2c1S(=O)(=O)Cl. The second kappa shape index (κ2) is 3.15. The van der Waals surface area contributed by atoms with E-state index in [-0.39, 0.29) is 4.90 Å². The second-order valence-electron chi connectivity index (χ2n) is 2.78. The van der Waals surface area contributed by atoms with Crippen molar-refractivity contribution in [2.75, 3.05) is 0 Å². The molecule has 0 radical (unpaired) electrons. The highest BCUT2D eigenvalue weighted by Crippen LogP contribution is 2.27. The van der Waals surface area contributed by atoms with Crippen molar-refractivity contribution < 1.29 is 8.42 Å². The average Bonchev–Trinajstić information content (AvgIpc) is 2.48. The van der Waals surface area contributed by atoms with Crippen LogP contribution in [0.25, 0.3) is 11.0 Å². The lowest BCUT2D eigenvalue weighted by Gasteiger charge is -2.00. The van der Waals surface area contributed by atoms with Crippen molar-refractivity contribution in [3.05, 3.63) is 17.7 Å². The third-order valence-corrected chi connectivity index (χ3v) is 3.83. The lowest BCUT2D eigenvalue weighted by atomic mass is 10.2. The maximum Gasteiger partial charge on any atom is 0.263 e. The molecule has 0 fully saturated rings. The normalized spacial score (nSPS) is 12.1. The van der Waals surface area contributed by atoms with Crippen LogP contribution < -0.4 is 0 Å². The molecule has 74 valence electrons. The van der Waals surface area contributed by atoms with Crippen molar-refractivity contribution >= 4 is 42.5 Å². The van der Waals surface area contributed by atoms with E-state index in [1.54, 1.807) is 19.1 Å². The van der Waals surface area contributed by atoms with Crippen LogP contribution >= 0.6 is 22.4 Å². The van der Waals surface area contributed by atoms with Gasteiger partial charge in [-0.2, -0.15) is 8.75 Å². The van der Waals surface area contributed by atoms with E-state index >= 15 is 0 Å². The first-order valence-corrected chi connectivity index (χ1v) is 6.70. The van der Waals surface area contributed by atoms with Gasteiger partial charge in [0, 0.05) is 10.7 Å². The van der Waals surface area contributed by atoms with Gasteiger partial charge in [0.15, 0.2) is 0 Å². The number of benzene rings is 1. The van der Waals surface area contributed by atoms with Gasteiger partial charge in [-0.15, -0.1) is 0 Å². The maximum atomic E-state index is 11.3. The van der Waals surface area contributed by atoms with Crippen molar-refractivity contribution in [3.63, 3.8) is 0 Å². The Morgan fingerprint density at radius 1 is 1.36 bits per heavy atom. The number of nitrogens with zero attached hydrogens (tertiary/aromatic N) is 2. The van der Waals surface area contributed by atoms with Crippen LogP contribution in [0, 0.1) is 6.92 Å². The molecule has 1 aromatic heterocycles. The van der Waals surface area contributed by atoms with Crippen molar-refractivity contribution in [2.45, 2.75) is 11.8 Å². The third-order valence-electron chi connectivity index (χ3n) is 1.82. The Morgan fingerprint density at radius 2 is 2.07 bits per heavy atom. The molecule has 0 aliphatic carbocycles. The summed E-state index contributed by atoms with van der Waals surface area (Å²) in [6, 6.07) is 3.39. The summed E-state index contributed by atoms with van der Waals surface area (Å²) in [5, 5.41) is 0. The molecule has 0 N–H and O–H groups in total. The molecule has 2 aromatic rings. The molecule has 0 unspecified atom stereocenters. The summed E-state index contributed by atoms with van der Waals surface area (Å²) in [6.07, 6.45) is 0. The zero-order valence-corrected chi connectivity index (χ0v) is 9.45. The Hall–Kier alpha value is -0.720. The van der Waals surface area contributed by atoms with E-state index in [1.165, 1.54) is 0 Å². The molecule has 2 rings (SSSR count). The number of aryl methyl sites for hydroxylation is 1. The smallest absolute Gasteiger partial charge is 0.207 e. The summed E-state index contributed by atoms with van der Waals surface area (Å²) in [4.78, 5) is 0.0606. The lowest BCUT2D eigenvalue weighted by Crippen LogP contribution is -1.95. The molecule has 0 aliphatic heterocycles. The zero-order chi connectivity index (χ0) is 10.3. The van der Waals surface area contributed by atoms with Crippen molar-refractivity contribution in [3.8, 4) is 0 Å². The van der Waals surface area contributed by atoms with E-state index in [2.05, 4.69) is 8.75 Å². The van der Waals surface area contributed by atoms with E-state index in [4.69, 9.17) is 10.7 Å². The quantitative estimate of drug-likeness (QED) is 0.724. The first-order chi connectivity index (χ1) is 6.50. The van der Waals surface area contributed by atoms with E-state index in [0.717, 1.165) is 11.7 Å². The predicted octanol–water partition coefficient (Wildman–Crippen LogP) is 1.93. The summed E-state index contributed by atoms with van der Waals surface area (Å²) in [6.45, 7) is 1.67. The number of hydrogen-bond acceptors (Lipinski definition) is 5.